The number of nitrogens with zero attached hydrogens (tertiary/aromatic N) is 4. The van der Waals surface area contributed by atoms with Crippen molar-refractivity contribution in [3.05, 3.63) is 54.1 Å². The summed E-state index contributed by atoms with van der Waals surface area (Å²) in [6, 6.07) is 8.32. The maximum atomic E-state index is 12.9. The van der Waals surface area contributed by atoms with E-state index in [1.807, 2.05) is 25.7 Å². The van der Waals surface area contributed by atoms with Crippen molar-refractivity contribution < 1.29 is 4.79 Å². The normalized spacial score (nSPS) is 12.0. The minimum absolute atomic E-state index is 0.0985. The van der Waals surface area contributed by atoms with Gasteiger partial charge in [-0.15, -0.1) is 18.3 Å². The van der Waals surface area contributed by atoms with E-state index in [1.165, 1.54) is 4.90 Å². The van der Waals surface area contributed by atoms with Crippen LogP contribution >= 0.6 is 11.8 Å². The summed E-state index contributed by atoms with van der Waals surface area (Å²) in [5.41, 5.74) is 1.12. The first-order valence-corrected chi connectivity index (χ1v) is 9.57. The van der Waals surface area contributed by atoms with Gasteiger partial charge in [0.15, 0.2) is 0 Å². The van der Waals surface area contributed by atoms with Gasteiger partial charge in [0.2, 0.25) is 5.91 Å². The molecule has 0 bridgehead atoms. The highest BCUT2D eigenvalue weighted by molar-refractivity contribution is 7.98. The molecule has 0 spiro atoms. The van der Waals surface area contributed by atoms with Crippen LogP contribution in [0.3, 0.4) is 0 Å². The Hall–Kier alpha value is -2.08. The second kappa shape index (κ2) is 8.85. The Bertz CT molecular complexity index is 724. The van der Waals surface area contributed by atoms with Crippen molar-refractivity contribution in [2.24, 2.45) is 5.92 Å². The van der Waals surface area contributed by atoms with Crippen molar-refractivity contribution >= 4 is 17.7 Å². The molecule has 25 heavy (non-hydrogen) atoms. The quantitative estimate of drug-likeness (QED) is 0.536. The maximum absolute atomic E-state index is 12.9. The molecule has 1 atom stereocenters. The molecule has 1 heterocycles. The van der Waals surface area contributed by atoms with E-state index in [0.717, 1.165) is 17.2 Å². The Morgan fingerprint density at radius 1 is 1.36 bits per heavy atom. The lowest BCUT2D eigenvalue weighted by Crippen LogP contribution is -2.36. The number of amides is 1. The van der Waals surface area contributed by atoms with E-state index in [-0.39, 0.29) is 11.8 Å². The average Bonchev–Trinajstić information content (AvgIpc) is 2.91. The Kier molecular flexibility index (Phi) is 6.82. The SMILES string of the molecule is C=CCN(Cc1ccc(SC)cc1)C(=O)[C@@H](C)Cn1nc(C)nc1C. The van der Waals surface area contributed by atoms with Gasteiger partial charge in [-0.05, 0) is 37.8 Å². The smallest absolute Gasteiger partial charge is 0.227 e. The molecule has 0 saturated heterocycles. The third-order valence-electron chi connectivity index (χ3n) is 4.02. The van der Waals surface area contributed by atoms with Crippen LogP contribution in [0.4, 0.5) is 0 Å². The van der Waals surface area contributed by atoms with E-state index < -0.39 is 0 Å². The van der Waals surface area contributed by atoms with Crippen molar-refractivity contribution in [1.82, 2.24) is 19.7 Å². The molecule has 6 heteroatoms. The Labute approximate surface area is 154 Å². The number of benzene rings is 1. The molecular weight excluding hydrogens is 332 g/mol. The molecule has 1 aromatic carbocycles. The summed E-state index contributed by atoms with van der Waals surface area (Å²) < 4.78 is 1.80. The summed E-state index contributed by atoms with van der Waals surface area (Å²) in [4.78, 5) is 20.2. The van der Waals surface area contributed by atoms with Crippen molar-refractivity contribution in [2.75, 3.05) is 12.8 Å². The molecule has 0 saturated carbocycles. The fourth-order valence-electron chi connectivity index (χ4n) is 2.72. The minimum Gasteiger partial charge on any atom is -0.334 e. The minimum atomic E-state index is -0.176. The second-order valence-electron chi connectivity index (χ2n) is 6.14. The predicted molar refractivity (Wildman–Crippen MR) is 102 cm³/mol. The Morgan fingerprint density at radius 3 is 2.56 bits per heavy atom. The predicted octanol–water partition coefficient (Wildman–Crippen LogP) is 3.47. The van der Waals surface area contributed by atoms with Crippen molar-refractivity contribution in [1.29, 1.82) is 0 Å². The number of carbonyl (C=O) groups is 1. The van der Waals surface area contributed by atoms with Gasteiger partial charge in [0, 0.05) is 18.0 Å². The van der Waals surface area contributed by atoms with E-state index >= 15 is 0 Å². The van der Waals surface area contributed by atoms with Gasteiger partial charge in [-0.1, -0.05) is 25.1 Å². The summed E-state index contributed by atoms with van der Waals surface area (Å²) in [7, 11) is 0. The number of hydrogen-bond donors (Lipinski definition) is 0. The van der Waals surface area contributed by atoms with Gasteiger partial charge < -0.3 is 4.90 Å². The molecule has 0 radical (unpaired) electrons. The number of hydrogen-bond acceptors (Lipinski definition) is 4. The Morgan fingerprint density at radius 2 is 2.04 bits per heavy atom. The van der Waals surface area contributed by atoms with E-state index in [1.54, 1.807) is 22.5 Å². The maximum Gasteiger partial charge on any atom is 0.227 e. The average molecular weight is 359 g/mol. The highest BCUT2D eigenvalue weighted by atomic mass is 32.2. The second-order valence-corrected chi connectivity index (χ2v) is 7.02. The zero-order chi connectivity index (χ0) is 18.4. The fourth-order valence-corrected chi connectivity index (χ4v) is 3.13. The van der Waals surface area contributed by atoms with Gasteiger partial charge in [0.05, 0.1) is 12.5 Å². The van der Waals surface area contributed by atoms with E-state index in [0.29, 0.717) is 19.6 Å². The van der Waals surface area contributed by atoms with Crippen molar-refractivity contribution in [2.45, 2.75) is 38.8 Å². The molecule has 0 fully saturated rings. The summed E-state index contributed by atoms with van der Waals surface area (Å²) in [5.74, 6) is 1.49. The zero-order valence-electron chi connectivity index (χ0n) is 15.4. The first-order chi connectivity index (χ1) is 11.9. The Balaban J connectivity index is 2.07. The summed E-state index contributed by atoms with van der Waals surface area (Å²) in [6.45, 7) is 11.1. The summed E-state index contributed by atoms with van der Waals surface area (Å²) in [5, 5.41) is 4.35. The van der Waals surface area contributed by atoms with Crippen LogP contribution < -0.4 is 0 Å². The summed E-state index contributed by atoms with van der Waals surface area (Å²) >= 11 is 1.71. The van der Waals surface area contributed by atoms with Crippen LogP contribution in [0.25, 0.3) is 0 Å². The van der Waals surface area contributed by atoms with E-state index in [4.69, 9.17) is 0 Å². The molecule has 2 aromatic rings. The largest absolute Gasteiger partial charge is 0.334 e. The van der Waals surface area contributed by atoms with Crippen LogP contribution in [0.1, 0.15) is 24.1 Å². The number of aryl methyl sites for hydroxylation is 2. The highest BCUT2D eigenvalue weighted by Crippen LogP contribution is 2.17. The van der Waals surface area contributed by atoms with E-state index in [9.17, 15) is 4.79 Å². The molecule has 5 nitrogen and oxygen atoms in total. The van der Waals surface area contributed by atoms with Gasteiger partial charge in [0.1, 0.15) is 11.6 Å². The lowest BCUT2D eigenvalue weighted by atomic mass is 10.1. The molecule has 0 aliphatic rings. The van der Waals surface area contributed by atoms with E-state index in [2.05, 4.69) is 47.2 Å². The molecule has 0 N–H and O–H groups in total. The number of thioether (sulfide) groups is 1. The van der Waals surface area contributed by atoms with Gasteiger partial charge >= 0.3 is 0 Å². The van der Waals surface area contributed by atoms with Crippen molar-refractivity contribution in [3.8, 4) is 0 Å². The first-order valence-electron chi connectivity index (χ1n) is 8.35. The van der Waals surface area contributed by atoms with Crippen LogP contribution in [-0.4, -0.2) is 38.4 Å². The summed E-state index contributed by atoms with van der Waals surface area (Å²) in [6.07, 6.45) is 3.82. The highest BCUT2D eigenvalue weighted by Gasteiger charge is 2.21. The lowest BCUT2D eigenvalue weighted by Gasteiger charge is -2.25. The molecule has 1 amide bonds. The van der Waals surface area contributed by atoms with Crippen LogP contribution in [0, 0.1) is 19.8 Å². The first kappa shape index (κ1) is 19.2. The molecule has 0 aliphatic heterocycles. The number of rotatable bonds is 8. The topological polar surface area (TPSA) is 51.0 Å². The number of aromatic nitrogens is 3. The molecular formula is C19H26N4OS. The van der Waals surface area contributed by atoms with Crippen LogP contribution in [0.15, 0.2) is 41.8 Å². The van der Waals surface area contributed by atoms with Gasteiger partial charge in [-0.25, -0.2) is 9.67 Å². The molecule has 0 unspecified atom stereocenters. The monoisotopic (exact) mass is 358 g/mol. The van der Waals surface area contributed by atoms with Crippen LogP contribution in [0.2, 0.25) is 0 Å². The molecule has 2 rings (SSSR count). The van der Waals surface area contributed by atoms with Gasteiger partial charge in [-0.2, -0.15) is 5.10 Å². The fraction of sp³-hybridized carbons (Fsp3) is 0.421. The van der Waals surface area contributed by atoms with Crippen LogP contribution in [-0.2, 0) is 17.9 Å². The van der Waals surface area contributed by atoms with Crippen LogP contribution in [0.5, 0.6) is 0 Å². The van der Waals surface area contributed by atoms with Gasteiger partial charge in [-0.3, -0.25) is 4.79 Å². The number of carbonyl (C=O) groups excluding carboxylic acids is 1. The van der Waals surface area contributed by atoms with Crippen molar-refractivity contribution in [3.63, 3.8) is 0 Å². The molecule has 1 aromatic heterocycles. The van der Waals surface area contributed by atoms with Gasteiger partial charge in [0.25, 0.3) is 0 Å². The molecule has 0 aliphatic carbocycles. The molecule has 134 valence electrons. The third kappa shape index (κ3) is 5.19. The zero-order valence-corrected chi connectivity index (χ0v) is 16.2. The lowest BCUT2D eigenvalue weighted by molar-refractivity contribution is -0.135. The standard InChI is InChI=1S/C19H26N4OS/c1-6-11-22(13-17-7-9-18(25-5)10-8-17)19(24)14(2)12-23-16(4)20-15(3)21-23/h6-10,14H,1,11-13H2,2-5H3/t14-/m0/s1. The third-order valence-corrected chi connectivity index (χ3v) is 4.77.